The fourth-order valence-corrected chi connectivity index (χ4v) is 5.40. The van der Waals surface area contributed by atoms with Crippen LogP contribution in [0, 0.1) is 40.9 Å². The van der Waals surface area contributed by atoms with E-state index < -0.39 is 0 Å². The van der Waals surface area contributed by atoms with Crippen LogP contribution in [0.1, 0.15) is 37.9 Å². The van der Waals surface area contributed by atoms with Gasteiger partial charge in [0.05, 0.1) is 24.9 Å². The van der Waals surface area contributed by atoms with Crippen molar-refractivity contribution in [1.82, 2.24) is 5.32 Å². The van der Waals surface area contributed by atoms with Gasteiger partial charge in [-0.2, -0.15) is 5.26 Å². The molecule has 106 valence electrons. The van der Waals surface area contributed by atoms with Crippen molar-refractivity contribution < 1.29 is 4.42 Å². The van der Waals surface area contributed by atoms with Crippen LogP contribution in [0.5, 0.6) is 0 Å². The third kappa shape index (κ3) is 2.07. The number of nitriles is 1. The van der Waals surface area contributed by atoms with Crippen molar-refractivity contribution in [3.63, 3.8) is 0 Å². The van der Waals surface area contributed by atoms with Crippen LogP contribution in [-0.4, -0.2) is 6.04 Å². The molecule has 0 amide bonds. The van der Waals surface area contributed by atoms with E-state index >= 15 is 0 Å². The van der Waals surface area contributed by atoms with Gasteiger partial charge in [0.15, 0.2) is 0 Å². The number of nitrogens with zero attached hydrogens (tertiary/aromatic N) is 1. The summed E-state index contributed by atoms with van der Waals surface area (Å²) in [6.07, 6.45) is 8.66. The van der Waals surface area contributed by atoms with Crippen molar-refractivity contribution in [3.8, 4) is 6.07 Å². The maximum atomic E-state index is 9.60. The molecule has 4 fully saturated rings. The molecule has 1 aromatic heterocycles. The Morgan fingerprint density at radius 3 is 2.45 bits per heavy atom. The van der Waals surface area contributed by atoms with E-state index in [1.165, 1.54) is 32.1 Å². The molecule has 4 saturated carbocycles. The fourth-order valence-electron chi connectivity index (χ4n) is 5.40. The highest BCUT2D eigenvalue weighted by atomic mass is 16.3. The predicted octanol–water partition coefficient (Wildman–Crippen LogP) is 3.33. The topological polar surface area (TPSA) is 49.0 Å². The normalized spacial score (nSPS) is 39.6. The molecule has 0 aromatic carbocycles. The summed E-state index contributed by atoms with van der Waals surface area (Å²) in [5.74, 6) is 5.02. The maximum absolute atomic E-state index is 9.60. The molecule has 4 aliphatic rings. The van der Waals surface area contributed by atoms with Crippen molar-refractivity contribution in [3.05, 3.63) is 24.2 Å². The molecule has 0 aliphatic heterocycles. The van der Waals surface area contributed by atoms with Gasteiger partial charge in [0.1, 0.15) is 5.76 Å². The summed E-state index contributed by atoms with van der Waals surface area (Å²) in [5, 5.41) is 13.0. The minimum atomic E-state index is -0.00454. The molecular formula is C17H22N2O. The summed E-state index contributed by atoms with van der Waals surface area (Å²) in [6, 6.07) is 6.41. The Morgan fingerprint density at radius 1 is 1.20 bits per heavy atom. The van der Waals surface area contributed by atoms with Gasteiger partial charge in [-0.3, -0.25) is 5.32 Å². The van der Waals surface area contributed by atoms with E-state index in [2.05, 4.69) is 11.4 Å². The number of nitrogens with one attached hydrogen (secondary N) is 1. The van der Waals surface area contributed by atoms with Gasteiger partial charge in [-0.15, -0.1) is 0 Å². The number of hydrogen-bond donors (Lipinski definition) is 1. The lowest BCUT2D eigenvalue weighted by atomic mass is 9.50. The third-order valence-electron chi connectivity index (χ3n) is 5.90. The van der Waals surface area contributed by atoms with Gasteiger partial charge in [-0.25, -0.2) is 0 Å². The predicted molar refractivity (Wildman–Crippen MR) is 75.5 cm³/mol. The highest BCUT2D eigenvalue weighted by Gasteiger charge is 2.50. The molecule has 1 atom stereocenters. The first-order valence-electron chi connectivity index (χ1n) is 7.99. The molecule has 1 heterocycles. The van der Waals surface area contributed by atoms with Gasteiger partial charge in [-0.1, -0.05) is 0 Å². The highest BCUT2D eigenvalue weighted by Crippen LogP contribution is 2.57. The van der Waals surface area contributed by atoms with E-state index in [1.807, 2.05) is 12.1 Å². The summed E-state index contributed by atoms with van der Waals surface area (Å²) < 4.78 is 5.36. The molecule has 1 aromatic rings. The zero-order valence-electron chi connectivity index (χ0n) is 11.8. The van der Waals surface area contributed by atoms with E-state index in [0.29, 0.717) is 12.5 Å². The molecule has 3 heteroatoms. The number of hydrogen-bond acceptors (Lipinski definition) is 3. The summed E-state index contributed by atoms with van der Waals surface area (Å²) in [5.41, 5.74) is 0. The molecular weight excluding hydrogens is 248 g/mol. The molecule has 1 N–H and O–H groups in total. The molecule has 3 nitrogen and oxygen atoms in total. The van der Waals surface area contributed by atoms with Crippen LogP contribution in [0.25, 0.3) is 0 Å². The molecule has 4 aliphatic carbocycles. The standard InChI is InChI=1S/C17H22N2O/c18-9-16(19-10-15-2-1-3-20-15)17-13-5-11-4-12(7-13)8-14(17)6-11/h1-3,11-14,16-17,19H,4-8,10H2. The molecule has 0 radical (unpaired) electrons. The second kappa shape index (κ2) is 4.93. The summed E-state index contributed by atoms with van der Waals surface area (Å²) >= 11 is 0. The number of furan rings is 1. The molecule has 0 spiro atoms. The molecule has 1 unspecified atom stereocenters. The van der Waals surface area contributed by atoms with Crippen LogP contribution in [-0.2, 0) is 6.54 Å². The summed E-state index contributed by atoms with van der Waals surface area (Å²) in [7, 11) is 0. The van der Waals surface area contributed by atoms with E-state index in [4.69, 9.17) is 4.42 Å². The fraction of sp³-hybridized carbons (Fsp3) is 0.706. The first kappa shape index (κ1) is 12.5. The Morgan fingerprint density at radius 2 is 1.90 bits per heavy atom. The van der Waals surface area contributed by atoms with Gasteiger partial charge in [0, 0.05) is 0 Å². The number of rotatable bonds is 4. The maximum Gasteiger partial charge on any atom is 0.117 e. The Kier molecular flexibility index (Phi) is 3.07. The molecule has 5 rings (SSSR count). The van der Waals surface area contributed by atoms with Crippen molar-refractivity contribution in [2.75, 3.05) is 0 Å². The van der Waals surface area contributed by atoms with E-state index in [-0.39, 0.29) is 6.04 Å². The Labute approximate surface area is 120 Å². The van der Waals surface area contributed by atoms with E-state index in [0.717, 1.165) is 29.4 Å². The average molecular weight is 270 g/mol. The zero-order chi connectivity index (χ0) is 13.5. The van der Waals surface area contributed by atoms with Crippen LogP contribution in [0.3, 0.4) is 0 Å². The lowest BCUT2D eigenvalue weighted by molar-refractivity contribution is -0.0447. The van der Waals surface area contributed by atoms with Crippen molar-refractivity contribution >= 4 is 0 Å². The lowest BCUT2D eigenvalue weighted by Gasteiger charge is -2.55. The average Bonchev–Trinajstić information content (AvgIpc) is 2.94. The van der Waals surface area contributed by atoms with Gasteiger partial charge in [0.25, 0.3) is 0 Å². The minimum absolute atomic E-state index is 0.00454. The van der Waals surface area contributed by atoms with Crippen molar-refractivity contribution in [1.29, 1.82) is 5.26 Å². The second-order valence-electron chi connectivity index (χ2n) is 7.08. The minimum Gasteiger partial charge on any atom is -0.468 e. The largest absolute Gasteiger partial charge is 0.468 e. The second-order valence-corrected chi connectivity index (χ2v) is 7.08. The monoisotopic (exact) mass is 270 g/mol. The van der Waals surface area contributed by atoms with Crippen LogP contribution in [0.4, 0.5) is 0 Å². The zero-order valence-corrected chi connectivity index (χ0v) is 11.8. The first-order valence-corrected chi connectivity index (χ1v) is 7.99. The smallest absolute Gasteiger partial charge is 0.117 e. The van der Waals surface area contributed by atoms with Crippen LogP contribution in [0.2, 0.25) is 0 Å². The van der Waals surface area contributed by atoms with Gasteiger partial charge >= 0.3 is 0 Å². The van der Waals surface area contributed by atoms with Gasteiger partial charge in [0.2, 0.25) is 0 Å². The van der Waals surface area contributed by atoms with Gasteiger partial charge in [-0.05, 0) is 73.8 Å². The highest BCUT2D eigenvalue weighted by molar-refractivity contribution is 5.08. The Balaban J connectivity index is 1.46. The van der Waals surface area contributed by atoms with Crippen molar-refractivity contribution in [2.45, 2.75) is 44.7 Å². The SMILES string of the molecule is N#CC(NCc1ccco1)C1C2CC3CC(C2)CC1C3. The third-order valence-corrected chi connectivity index (χ3v) is 5.90. The van der Waals surface area contributed by atoms with Crippen molar-refractivity contribution in [2.24, 2.45) is 29.6 Å². The van der Waals surface area contributed by atoms with E-state index in [1.54, 1.807) is 6.26 Å². The molecule has 4 bridgehead atoms. The lowest BCUT2D eigenvalue weighted by Crippen LogP contribution is -2.52. The van der Waals surface area contributed by atoms with Gasteiger partial charge < -0.3 is 4.42 Å². The summed E-state index contributed by atoms with van der Waals surface area (Å²) in [6.45, 7) is 0.675. The first-order chi connectivity index (χ1) is 9.83. The van der Waals surface area contributed by atoms with Crippen LogP contribution in [0.15, 0.2) is 22.8 Å². The Bertz CT molecular complexity index is 474. The molecule has 0 saturated heterocycles. The quantitative estimate of drug-likeness (QED) is 0.913. The van der Waals surface area contributed by atoms with Crippen LogP contribution >= 0.6 is 0 Å². The Hall–Kier alpha value is -1.27. The van der Waals surface area contributed by atoms with E-state index in [9.17, 15) is 5.26 Å². The van der Waals surface area contributed by atoms with Crippen LogP contribution < -0.4 is 5.32 Å². The molecule has 20 heavy (non-hydrogen) atoms. The summed E-state index contributed by atoms with van der Waals surface area (Å²) in [4.78, 5) is 0.